The minimum atomic E-state index is -0.663. The van der Waals surface area contributed by atoms with Gasteiger partial charge in [-0.2, -0.15) is 0 Å². The maximum absolute atomic E-state index is 12.7. The lowest BCUT2D eigenvalue weighted by Crippen LogP contribution is -2.33. The fourth-order valence-electron chi connectivity index (χ4n) is 3.69. The minimum Gasteiger partial charge on any atom is -0.361 e. The first-order valence-electron chi connectivity index (χ1n) is 10.0. The topological polar surface area (TPSA) is 94.3 Å². The molecule has 0 saturated carbocycles. The predicted octanol–water partition coefficient (Wildman–Crippen LogP) is 3.36. The molecule has 2 aromatic carbocycles. The Morgan fingerprint density at radius 3 is 2.67 bits per heavy atom. The van der Waals surface area contributed by atoms with Crippen LogP contribution in [0.15, 0.2) is 54.7 Å². The number of benzene rings is 2. The lowest BCUT2D eigenvalue weighted by molar-refractivity contribution is -0.127. The molecule has 0 radical (unpaired) electrons. The number of aromatic amines is 1. The Labute approximate surface area is 174 Å². The summed E-state index contributed by atoms with van der Waals surface area (Å²) in [6.07, 6.45) is 2.91. The number of imide groups is 1. The quantitative estimate of drug-likeness (QED) is 0.527. The van der Waals surface area contributed by atoms with Gasteiger partial charge in [-0.05, 0) is 43.5 Å². The van der Waals surface area contributed by atoms with E-state index in [0.717, 1.165) is 22.0 Å². The molecule has 0 spiro atoms. The summed E-state index contributed by atoms with van der Waals surface area (Å²) in [6, 6.07) is 14.4. The van der Waals surface area contributed by atoms with Crippen LogP contribution in [0, 0.1) is 6.92 Å². The number of aromatic nitrogens is 1. The molecule has 1 aliphatic rings. The van der Waals surface area contributed by atoms with Gasteiger partial charge < -0.3 is 15.6 Å². The molecule has 1 aliphatic heterocycles. The van der Waals surface area contributed by atoms with Crippen molar-refractivity contribution in [2.45, 2.75) is 32.2 Å². The highest BCUT2D eigenvalue weighted by atomic mass is 16.2. The number of hydrogen-bond donors (Lipinski definition) is 3. The molecule has 1 unspecified atom stereocenters. The van der Waals surface area contributed by atoms with Crippen LogP contribution in [0.2, 0.25) is 0 Å². The van der Waals surface area contributed by atoms with Crippen LogP contribution in [0.5, 0.6) is 0 Å². The second-order valence-corrected chi connectivity index (χ2v) is 7.55. The fourth-order valence-corrected chi connectivity index (χ4v) is 3.69. The number of H-pyrrole nitrogens is 1. The van der Waals surface area contributed by atoms with E-state index in [9.17, 15) is 14.4 Å². The summed E-state index contributed by atoms with van der Waals surface area (Å²) in [5.74, 6) is -0.457. The third kappa shape index (κ3) is 4.20. The Bertz CT molecular complexity index is 1090. The van der Waals surface area contributed by atoms with Gasteiger partial charge in [-0.3, -0.25) is 14.5 Å². The average Bonchev–Trinajstić information content (AvgIpc) is 3.27. The smallest absolute Gasteiger partial charge is 0.324 e. The Kier molecular flexibility index (Phi) is 5.52. The molecule has 7 nitrogen and oxygen atoms in total. The summed E-state index contributed by atoms with van der Waals surface area (Å²) < 4.78 is 0. The molecule has 154 valence electrons. The Morgan fingerprint density at radius 1 is 1.10 bits per heavy atom. The monoisotopic (exact) mass is 404 g/mol. The maximum atomic E-state index is 12.7. The van der Waals surface area contributed by atoms with E-state index < -0.39 is 12.1 Å². The molecule has 0 bridgehead atoms. The van der Waals surface area contributed by atoms with E-state index >= 15 is 0 Å². The van der Waals surface area contributed by atoms with Crippen molar-refractivity contribution in [3.63, 3.8) is 0 Å². The molecule has 4 rings (SSSR count). The standard InChI is InChI=1S/C23H24N4O3/c1-15-6-8-17(9-7-15)25-21(28)11-10-20-22(29)27(23(30)26-20)13-12-16-14-24-19-5-3-2-4-18(16)19/h2-9,14,20,24H,10-13H2,1H3,(H,25,28)(H,26,30). The molecule has 1 fully saturated rings. The molecule has 1 aromatic heterocycles. The summed E-state index contributed by atoms with van der Waals surface area (Å²) in [5.41, 5.74) is 3.92. The van der Waals surface area contributed by atoms with Gasteiger partial charge in [0.1, 0.15) is 6.04 Å². The van der Waals surface area contributed by atoms with Crippen molar-refractivity contribution in [3.8, 4) is 0 Å². The number of nitrogens with one attached hydrogen (secondary N) is 3. The fraction of sp³-hybridized carbons (Fsp3) is 0.261. The molecule has 4 amide bonds. The van der Waals surface area contributed by atoms with Gasteiger partial charge in [-0.15, -0.1) is 0 Å². The van der Waals surface area contributed by atoms with Crippen LogP contribution in [-0.4, -0.2) is 40.3 Å². The first kappa shape index (κ1) is 19.7. The van der Waals surface area contributed by atoms with Gasteiger partial charge >= 0.3 is 6.03 Å². The first-order valence-corrected chi connectivity index (χ1v) is 10.0. The van der Waals surface area contributed by atoms with Gasteiger partial charge in [0.25, 0.3) is 5.91 Å². The van der Waals surface area contributed by atoms with Crippen LogP contribution in [0.4, 0.5) is 10.5 Å². The number of para-hydroxylation sites is 1. The van der Waals surface area contributed by atoms with Crippen molar-refractivity contribution in [2.24, 2.45) is 0 Å². The van der Waals surface area contributed by atoms with Crippen LogP contribution in [0.25, 0.3) is 10.9 Å². The molecule has 7 heteroatoms. The zero-order valence-corrected chi connectivity index (χ0v) is 16.8. The van der Waals surface area contributed by atoms with Crippen molar-refractivity contribution >= 4 is 34.4 Å². The van der Waals surface area contributed by atoms with E-state index in [1.54, 1.807) is 0 Å². The number of urea groups is 1. The number of fused-ring (bicyclic) bond motifs is 1. The molecule has 3 aromatic rings. The number of carbonyl (C=O) groups is 3. The van der Waals surface area contributed by atoms with Crippen LogP contribution in [0.1, 0.15) is 24.0 Å². The van der Waals surface area contributed by atoms with E-state index in [4.69, 9.17) is 0 Å². The highest BCUT2D eigenvalue weighted by Gasteiger charge is 2.37. The van der Waals surface area contributed by atoms with Gasteiger partial charge in [0.2, 0.25) is 5.91 Å². The van der Waals surface area contributed by atoms with Crippen molar-refractivity contribution in [1.82, 2.24) is 15.2 Å². The molecule has 1 atom stereocenters. The Morgan fingerprint density at radius 2 is 1.87 bits per heavy atom. The van der Waals surface area contributed by atoms with Crippen molar-refractivity contribution in [3.05, 3.63) is 65.9 Å². The second-order valence-electron chi connectivity index (χ2n) is 7.55. The zero-order valence-electron chi connectivity index (χ0n) is 16.8. The molecule has 2 heterocycles. The van der Waals surface area contributed by atoms with Gasteiger partial charge in [0.05, 0.1) is 0 Å². The van der Waals surface area contributed by atoms with Crippen LogP contribution in [0.3, 0.4) is 0 Å². The molecular formula is C23H24N4O3. The summed E-state index contributed by atoms with van der Waals surface area (Å²) in [4.78, 5) is 41.5. The number of rotatable bonds is 7. The lowest BCUT2D eigenvalue weighted by Gasteiger charge is -2.12. The Hall–Kier alpha value is -3.61. The minimum absolute atomic E-state index is 0.154. The van der Waals surface area contributed by atoms with E-state index in [1.165, 1.54) is 4.90 Å². The maximum Gasteiger partial charge on any atom is 0.324 e. The summed E-state index contributed by atoms with van der Waals surface area (Å²) in [7, 11) is 0. The van der Waals surface area contributed by atoms with Gasteiger partial charge in [-0.25, -0.2) is 4.79 Å². The largest absolute Gasteiger partial charge is 0.361 e. The third-order valence-corrected chi connectivity index (χ3v) is 5.38. The Balaban J connectivity index is 1.30. The predicted molar refractivity (Wildman–Crippen MR) is 115 cm³/mol. The second kappa shape index (κ2) is 8.41. The highest BCUT2D eigenvalue weighted by molar-refractivity contribution is 6.04. The lowest BCUT2D eigenvalue weighted by atomic mass is 10.1. The molecule has 1 saturated heterocycles. The molecule has 0 aliphatic carbocycles. The third-order valence-electron chi connectivity index (χ3n) is 5.38. The average molecular weight is 404 g/mol. The number of aryl methyl sites for hydroxylation is 1. The van der Waals surface area contributed by atoms with Crippen LogP contribution >= 0.6 is 0 Å². The van der Waals surface area contributed by atoms with Crippen molar-refractivity contribution < 1.29 is 14.4 Å². The summed E-state index contributed by atoms with van der Waals surface area (Å²) in [5, 5.41) is 6.60. The molecular weight excluding hydrogens is 380 g/mol. The number of hydrogen-bond acceptors (Lipinski definition) is 3. The van der Waals surface area contributed by atoms with Crippen molar-refractivity contribution in [2.75, 3.05) is 11.9 Å². The van der Waals surface area contributed by atoms with E-state index in [2.05, 4.69) is 15.6 Å². The van der Waals surface area contributed by atoms with Crippen molar-refractivity contribution in [1.29, 1.82) is 0 Å². The van der Waals surface area contributed by atoms with E-state index in [-0.39, 0.29) is 24.7 Å². The molecule has 3 N–H and O–H groups in total. The number of nitrogens with zero attached hydrogens (tertiary/aromatic N) is 1. The zero-order chi connectivity index (χ0) is 21.1. The van der Waals surface area contributed by atoms with Gasteiger partial charge in [0, 0.05) is 35.8 Å². The molecule has 30 heavy (non-hydrogen) atoms. The van der Waals surface area contributed by atoms with Gasteiger partial charge in [0.15, 0.2) is 0 Å². The van der Waals surface area contributed by atoms with Crippen LogP contribution < -0.4 is 10.6 Å². The van der Waals surface area contributed by atoms with E-state index in [1.807, 2.05) is 61.7 Å². The van der Waals surface area contributed by atoms with Gasteiger partial charge in [-0.1, -0.05) is 35.9 Å². The summed E-state index contributed by atoms with van der Waals surface area (Å²) >= 11 is 0. The highest BCUT2D eigenvalue weighted by Crippen LogP contribution is 2.20. The number of carbonyl (C=O) groups excluding carboxylic acids is 3. The number of amides is 4. The SMILES string of the molecule is Cc1ccc(NC(=O)CCC2NC(=O)N(CCc3c[nH]c4ccccc34)C2=O)cc1. The number of anilines is 1. The normalized spacial score (nSPS) is 16.2. The van der Waals surface area contributed by atoms with Crippen LogP contribution in [-0.2, 0) is 16.0 Å². The summed E-state index contributed by atoms with van der Waals surface area (Å²) in [6.45, 7) is 2.28. The van der Waals surface area contributed by atoms with E-state index in [0.29, 0.717) is 18.7 Å². The first-order chi connectivity index (χ1) is 14.5.